The highest BCUT2D eigenvalue weighted by molar-refractivity contribution is 7.99. The second kappa shape index (κ2) is 6.05. The minimum atomic E-state index is 0.0542. The van der Waals surface area contributed by atoms with Crippen LogP contribution >= 0.6 is 11.8 Å². The molecule has 1 aliphatic heterocycles. The molecule has 3 aromatic rings. The molecule has 0 atom stereocenters. The maximum atomic E-state index is 13.2. The summed E-state index contributed by atoms with van der Waals surface area (Å²) in [5, 5.41) is 0.911. The molecule has 0 unspecified atom stereocenters. The highest BCUT2D eigenvalue weighted by Crippen LogP contribution is 2.34. The lowest BCUT2D eigenvalue weighted by atomic mass is 10.1. The third-order valence-electron chi connectivity index (χ3n) is 4.06. The van der Waals surface area contributed by atoms with Crippen LogP contribution in [-0.2, 0) is 0 Å². The van der Waals surface area contributed by atoms with Gasteiger partial charge in [0, 0.05) is 28.6 Å². The molecular weight excluding hydrogens is 304 g/mol. The summed E-state index contributed by atoms with van der Waals surface area (Å²) >= 11 is 1.82. The van der Waals surface area contributed by atoms with Gasteiger partial charge in [0.1, 0.15) is 0 Å². The number of hydrogen-bond acceptors (Lipinski definition) is 3. The molecule has 0 N–H and O–H groups in total. The number of nitrogens with zero attached hydrogens (tertiary/aromatic N) is 2. The fourth-order valence-corrected chi connectivity index (χ4v) is 3.97. The molecule has 0 saturated carbocycles. The van der Waals surface area contributed by atoms with Crippen molar-refractivity contribution in [1.82, 2.24) is 4.98 Å². The van der Waals surface area contributed by atoms with E-state index in [-0.39, 0.29) is 5.91 Å². The Morgan fingerprint density at radius 2 is 1.96 bits per heavy atom. The Hall–Kier alpha value is -2.33. The van der Waals surface area contributed by atoms with Gasteiger partial charge >= 0.3 is 0 Å². The van der Waals surface area contributed by atoms with Crippen molar-refractivity contribution in [2.75, 3.05) is 17.2 Å². The third kappa shape index (κ3) is 2.59. The van der Waals surface area contributed by atoms with Crippen molar-refractivity contribution in [3.8, 4) is 0 Å². The molecule has 23 heavy (non-hydrogen) atoms. The summed E-state index contributed by atoms with van der Waals surface area (Å²) < 4.78 is 0. The van der Waals surface area contributed by atoms with Crippen LogP contribution in [0.4, 0.5) is 5.69 Å². The smallest absolute Gasteiger partial charge is 0.258 e. The Morgan fingerprint density at radius 1 is 1.04 bits per heavy atom. The Balaban J connectivity index is 1.82. The van der Waals surface area contributed by atoms with E-state index in [1.807, 2.05) is 65.2 Å². The molecule has 0 radical (unpaired) electrons. The summed E-state index contributed by atoms with van der Waals surface area (Å²) in [6.07, 6.45) is 2.75. The van der Waals surface area contributed by atoms with Gasteiger partial charge in [0.2, 0.25) is 0 Å². The summed E-state index contributed by atoms with van der Waals surface area (Å²) in [6.45, 7) is 0.750. The van der Waals surface area contributed by atoms with Gasteiger partial charge in [0.25, 0.3) is 5.91 Å². The average Bonchev–Trinajstić information content (AvgIpc) is 2.83. The molecule has 4 heteroatoms. The number of amides is 1. The zero-order chi connectivity index (χ0) is 15.6. The Kier molecular flexibility index (Phi) is 3.75. The monoisotopic (exact) mass is 320 g/mol. The number of aromatic nitrogens is 1. The van der Waals surface area contributed by atoms with Crippen LogP contribution in [0.1, 0.15) is 16.8 Å². The van der Waals surface area contributed by atoms with Gasteiger partial charge in [-0.3, -0.25) is 9.78 Å². The lowest BCUT2D eigenvalue weighted by molar-refractivity contribution is 0.0988. The molecule has 0 spiro atoms. The van der Waals surface area contributed by atoms with Crippen molar-refractivity contribution < 1.29 is 4.79 Å². The first-order valence-electron chi connectivity index (χ1n) is 7.72. The van der Waals surface area contributed by atoms with Crippen molar-refractivity contribution >= 4 is 34.3 Å². The van der Waals surface area contributed by atoms with E-state index in [2.05, 4.69) is 11.1 Å². The van der Waals surface area contributed by atoms with Gasteiger partial charge in [-0.2, -0.15) is 0 Å². The maximum Gasteiger partial charge on any atom is 0.258 e. The molecular formula is C19H16N2OS. The van der Waals surface area contributed by atoms with E-state index in [4.69, 9.17) is 0 Å². The minimum Gasteiger partial charge on any atom is -0.307 e. The lowest BCUT2D eigenvalue weighted by Gasteiger charge is -2.23. The number of pyridine rings is 1. The maximum absolute atomic E-state index is 13.2. The SMILES string of the molecule is O=C(c1cccc2ncccc12)N1CCCSc2ccccc21. The van der Waals surface area contributed by atoms with E-state index in [0.29, 0.717) is 0 Å². The summed E-state index contributed by atoms with van der Waals surface area (Å²) in [4.78, 5) is 20.7. The molecule has 2 heterocycles. The zero-order valence-electron chi connectivity index (χ0n) is 12.6. The predicted octanol–water partition coefficient (Wildman–Crippen LogP) is 4.38. The van der Waals surface area contributed by atoms with Crippen molar-refractivity contribution in [1.29, 1.82) is 0 Å². The number of rotatable bonds is 1. The van der Waals surface area contributed by atoms with Crippen LogP contribution in [0.15, 0.2) is 65.7 Å². The van der Waals surface area contributed by atoms with Crippen molar-refractivity contribution in [3.63, 3.8) is 0 Å². The minimum absolute atomic E-state index is 0.0542. The van der Waals surface area contributed by atoms with Gasteiger partial charge in [-0.05, 0) is 42.5 Å². The quantitative estimate of drug-likeness (QED) is 0.667. The van der Waals surface area contributed by atoms with Gasteiger partial charge < -0.3 is 4.90 Å². The molecule has 1 amide bonds. The molecule has 1 aliphatic rings. The number of thioether (sulfide) groups is 1. The number of para-hydroxylation sites is 1. The fraction of sp³-hybridized carbons (Fsp3) is 0.158. The summed E-state index contributed by atoms with van der Waals surface area (Å²) in [5.41, 5.74) is 2.59. The largest absolute Gasteiger partial charge is 0.307 e. The number of anilines is 1. The zero-order valence-corrected chi connectivity index (χ0v) is 13.4. The molecule has 0 saturated heterocycles. The summed E-state index contributed by atoms with van der Waals surface area (Å²) in [7, 11) is 0. The van der Waals surface area contributed by atoms with E-state index >= 15 is 0 Å². The molecule has 0 bridgehead atoms. The molecule has 3 nitrogen and oxygen atoms in total. The topological polar surface area (TPSA) is 33.2 Å². The first kappa shape index (κ1) is 14.3. The van der Waals surface area contributed by atoms with Crippen LogP contribution < -0.4 is 4.90 Å². The second-order valence-electron chi connectivity index (χ2n) is 5.50. The van der Waals surface area contributed by atoms with Crippen LogP contribution in [0.2, 0.25) is 0 Å². The second-order valence-corrected chi connectivity index (χ2v) is 6.64. The Labute approximate surface area is 139 Å². The molecule has 0 fully saturated rings. The van der Waals surface area contributed by atoms with Gasteiger partial charge in [-0.15, -0.1) is 11.8 Å². The molecule has 1 aromatic heterocycles. The van der Waals surface area contributed by atoms with E-state index in [0.717, 1.165) is 40.9 Å². The first-order chi connectivity index (χ1) is 11.3. The van der Waals surface area contributed by atoms with Crippen molar-refractivity contribution in [3.05, 3.63) is 66.4 Å². The molecule has 0 aliphatic carbocycles. The number of carbonyl (C=O) groups excluding carboxylic acids is 1. The van der Waals surface area contributed by atoms with E-state index < -0.39 is 0 Å². The highest BCUT2D eigenvalue weighted by Gasteiger charge is 2.23. The third-order valence-corrected chi connectivity index (χ3v) is 5.21. The first-order valence-corrected chi connectivity index (χ1v) is 8.70. The summed E-state index contributed by atoms with van der Waals surface area (Å²) in [6, 6.07) is 17.7. The highest BCUT2D eigenvalue weighted by atomic mass is 32.2. The Morgan fingerprint density at radius 3 is 2.91 bits per heavy atom. The lowest BCUT2D eigenvalue weighted by Crippen LogP contribution is -2.32. The van der Waals surface area contributed by atoms with E-state index in [1.54, 1.807) is 6.20 Å². The van der Waals surface area contributed by atoms with Gasteiger partial charge in [0.05, 0.1) is 11.2 Å². The van der Waals surface area contributed by atoms with Gasteiger partial charge in [-0.1, -0.05) is 24.3 Å². The van der Waals surface area contributed by atoms with Crippen LogP contribution in [0.25, 0.3) is 10.9 Å². The van der Waals surface area contributed by atoms with Crippen LogP contribution in [-0.4, -0.2) is 23.2 Å². The molecule has 114 valence electrons. The number of fused-ring (bicyclic) bond motifs is 2. The van der Waals surface area contributed by atoms with Crippen molar-refractivity contribution in [2.24, 2.45) is 0 Å². The van der Waals surface area contributed by atoms with E-state index in [1.165, 1.54) is 4.90 Å². The number of hydrogen-bond donors (Lipinski definition) is 0. The number of carbonyl (C=O) groups is 1. The average molecular weight is 320 g/mol. The van der Waals surface area contributed by atoms with Crippen LogP contribution in [0.5, 0.6) is 0 Å². The van der Waals surface area contributed by atoms with Crippen molar-refractivity contribution in [2.45, 2.75) is 11.3 Å². The molecule has 4 rings (SSSR count). The standard InChI is InChI=1S/C19H16N2OS/c22-19(15-6-3-8-16-14(15)7-4-11-20-16)21-12-5-13-23-18-10-2-1-9-17(18)21/h1-4,6-11H,5,12-13H2. The van der Waals surface area contributed by atoms with Gasteiger partial charge in [0.15, 0.2) is 0 Å². The Bertz CT molecular complexity index is 873. The van der Waals surface area contributed by atoms with Gasteiger partial charge in [-0.25, -0.2) is 0 Å². The van der Waals surface area contributed by atoms with Crippen LogP contribution in [0, 0.1) is 0 Å². The number of benzene rings is 2. The van der Waals surface area contributed by atoms with E-state index in [9.17, 15) is 4.79 Å². The summed E-state index contributed by atoms with van der Waals surface area (Å²) in [5.74, 6) is 1.09. The fourth-order valence-electron chi connectivity index (χ4n) is 2.97. The van der Waals surface area contributed by atoms with Crippen LogP contribution in [0.3, 0.4) is 0 Å². The predicted molar refractivity (Wildman–Crippen MR) is 95.2 cm³/mol. The molecule has 2 aromatic carbocycles. The normalized spacial score (nSPS) is 14.3.